The Balaban J connectivity index is 3.33. The number of halogens is 12. The highest BCUT2D eigenvalue weighted by molar-refractivity contribution is 5.53. The first-order valence-electron chi connectivity index (χ1n) is 7.38. The van der Waals surface area contributed by atoms with Crippen LogP contribution in [0.3, 0.4) is 0 Å². The van der Waals surface area contributed by atoms with Gasteiger partial charge in [0, 0.05) is 6.07 Å². The van der Waals surface area contributed by atoms with Crippen LogP contribution in [0.15, 0.2) is 18.2 Å². The lowest BCUT2D eigenvalue weighted by atomic mass is 9.94. The minimum Gasteiger partial charge on any atom is -0.480 e. The number of rotatable bonds is 10. The largest absolute Gasteiger partial charge is 0.480 e. The maximum Gasteiger partial charge on any atom is 0.384 e. The van der Waals surface area contributed by atoms with Crippen molar-refractivity contribution >= 4 is 11.4 Å². The Kier molecular flexibility index (Phi) is 6.88. The number of ether oxygens (including phenoxy) is 1. The van der Waals surface area contributed by atoms with Crippen LogP contribution >= 0.6 is 0 Å². The number of non-ortho nitro benzene ring substituents is 1. The molecule has 7 nitrogen and oxygen atoms in total. The van der Waals surface area contributed by atoms with Gasteiger partial charge in [0.05, 0.1) is 15.9 Å². The standard InChI is InChI=1S/C13H6F12N2O5/c14-8(15)10(18,19)12(22,23)13(24,25)11(20,21)9(16,17)4-32-7-2-1-5(26(28)29)3-6(7)27(30)31/h1-3,8H,4H2. The van der Waals surface area contributed by atoms with Crippen LogP contribution in [0, 0.1) is 20.2 Å². The Morgan fingerprint density at radius 3 is 1.72 bits per heavy atom. The molecule has 0 fully saturated rings. The average molecular weight is 498 g/mol. The van der Waals surface area contributed by atoms with Gasteiger partial charge in [0.25, 0.3) is 5.69 Å². The molecule has 0 bridgehead atoms. The maximum atomic E-state index is 13.6. The number of benzene rings is 1. The molecule has 0 amide bonds. The molecule has 0 spiro atoms. The van der Waals surface area contributed by atoms with Crippen LogP contribution in [-0.4, -0.2) is 52.5 Å². The Bertz CT molecular complexity index is 892. The molecule has 182 valence electrons. The highest BCUT2D eigenvalue weighted by Crippen LogP contribution is 2.58. The summed E-state index contributed by atoms with van der Waals surface area (Å²) in [4.78, 5) is 18.5. The van der Waals surface area contributed by atoms with Gasteiger partial charge in [-0.25, -0.2) is 8.78 Å². The molecule has 0 saturated carbocycles. The third-order valence-corrected chi connectivity index (χ3v) is 3.70. The second-order valence-corrected chi connectivity index (χ2v) is 5.81. The van der Waals surface area contributed by atoms with Crippen LogP contribution < -0.4 is 4.74 Å². The monoisotopic (exact) mass is 498 g/mol. The van der Waals surface area contributed by atoms with Gasteiger partial charge in [-0.05, 0) is 6.07 Å². The summed E-state index contributed by atoms with van der Waals surface area (Å²) < 4.78 is 161. The first-order chi connectivity index (χ1) is 14.1. The van der Waals surface area contributed by atoms with Crippen molar-refractivity contribution in [1.29, 1.82) is 0 Å². The summed E-state index contributed by atoms with van der Waals surface area (Å²) in [7, 11) is 0. The van der Waals surface area contributed by atoms with E-state index in [0.717, 1.165) is 0 Å². The van der Waals surface area contributed by atoms with E-state index < -0.39 is 69.6 Å². The number of nitrogens with zero attached hydrogens (tertiary/aromatic N) is 2. The molecule has 1 aromatic rings. The molecule has 1 aromatic carbocycles. The minimum absolute atomic E-state index is 0.0670. The van der Waals surface area contributed by atoms with Gasteiger partial charge in [-0.2, -0.15) is 43.9 Å². The second kappa shape index (κ2) is 8.15. The summed E-state index contributed by atoms with van der Waals surface area (Å²) in [6.07, 6.45) is -5.66. The van der Waals surface area contributed by atoms with E-state index in [4.69, 9.17) is 0 Å². The smallest absolute Gasteiger partial charge is 0.384 e. The van der Waals surface area contributed by atoms with Gasteiger partial charge < -0.3 is 4.74 Å². The van der Waals surface area contributed by atoms with E-state index in [-0.39, 0.29) is 12.1 Å². The molecular formula is C13H6F12N2O5. The van der Waals surface area contributed by atoms with Crippen LogP contribution in [0.5, 0.6) is 5.75 Å². The number of nitro groups is 2. The van der Waals surface area contributed by atoms with Crippen LogP contribution in [0.25, 0.3) is 0 Å². The third kappa shape index (κ3) is 4.18. The van der Waals surface area contributed by atoms with E-state index in [0.29, 0.717) is 6.07 Å². The Morgan fingerprint density at radius 2 is 1.31 bits per heavy atom. The van der Waals surface area contributed by atoms with Crippen LogP contribution in [0.1, 0.15) is 0 Å². The van der Waals surface area contributed by atoms with E-state index in [2.05, 4.69) is 4.74 Å². The highest BCUT2D eigenvalue weighted by Gasteiger charge is 2.87. The lowest BCUT2D eigenvalue weighted by molar-refractivity contribution is -0.414. The minimum atomic E-state index is -7.78. The van der Waals surface area contributed by atoms with Crippen molar-refractivity contribution in [3.8, 4) is 5.75 Å². The molecule has 1 rings (SSSR count). The molecule has 0 aliphatic heterocycles. The van der Waals surface area contributed by atoms with Gasteiger partial charge in [-0.1, -0.05) is 0 Å². The number of hydrogen-bond acceptors (Lipinski definition) is 5. The predicted molar refractivity (Wildman–Crippen MR) is 76.0 cm³/mol. The summed E-state index contributed by atoms with van der Waals surface area (Å²) in [6, 6.07) is 0.601. The summed E-state index contributed by atoms with van der Waals surface area (Å²) >= 11 is 0. The summed E-state index contributed by atoms with van der Waals surface area (Å²) in [5, 5.41) is 21.3. The number of nitro benzene ring substituents is 2. The average Bonchev–Trinajstić information content (AvgIpc) is 2.65. The SMILES string of the molecule is O=[N+]([O-])c1ccc(OCC(F)(F)C(F)(F)C(F)(F)C(F)(F)C(F)(F)C(F)F)c([N+](=O)[O-])c1. The van der Waals surface area contributed by atoms with Crippen molar-refractivity contribution in [2.75, 3.05) is 6.61 Å². The number of alkyl halides is 12. The molecule has 0 heterocycles. The van der Waals surface area contributed by atoms with Crippen LogP contribution in [0.2, 0.25) is 0 Å². The van der Waals surface area contributed by atoms with E-state index in [1.54, 1.807) is 0 Å². The molecule has 0 radical (unpaired) electrons. The summed E-state index contributed by atoms with van der Waals surface area (Å²) in [5.74, 6) is -38.1. The Hall–Kier alpha value is -3.02. The van der Waals surface area contributed by atoms with Crippen LogP contribution in [0.4, 0.5) is 64.1 Å². The quantitative estimate of drug-likeness (QED) is 0.247. The molecule has 0 aromatic heterocycles. The maximum absolute atomic E-state index is 13.6. The summed E-state index contributed by atoms with van der Waals surface area (Å²) in [6.45, 7) is -3.09. The first kappa shape index (κ1) is 27.0. The predicted octanol–water partition coefficient (Wildman–Crippen LogP) is 5.32. The van der Waals surface area contributed by atoms with Gasteiger partial charge in [0.1, 0.15) is 0 Å². The molecule has 0 unspecified atom stereocenters. The molecule has 0 saturated heterocycles. The van der Waals surface area contributed by atoms with E-state index in [9.17, 15) is 72.9 Å². The van der Waals surface area contributed by atoms with Gasteiger partial charge in [0.15, 0.2) is 12.4 Å². The fourth-order valence-corrected chi connectivity index (χ4v) is 1.92. The highest BCUT2D eigenvalue weighted by atomic mass is 19.4. The van der Waals surface area contributed by atoms with Crippen molar-refractivity contribution in [2.45, 2.75) is 36.0 Å². The van der Waals surface area contributed by atoms with Gasteiger partial charge in [-0.3, -0.25) is 20.2 Å². The van der Waals surface area contributed by atoms with Crippen molar-refractivity contribution < 1.29 is 67.3 Å². The Morgan fingerprint density at radius 1 is 0.812 bits per heavy atom. The van der Waals surface area contributed by atoms with Crippen molar-refractivity contribution in [3.63, 3.8) is 0 Å². The van der Waals surface area contributed by atoms with E-state index in [1.165, 1.54) is 0 Å². The lowest BCUT2D eigenvalue weighted by Crippen LogP contribution is -2.69. The van der Waals surface area contributed by atoms with Crippen molar-refractivity contribution in [3.05, 3.63) is 38.4 Å². The fraction of sp³-hybridized carbons (Fsp3) is 0.538. The van der Waals surface area contributed by atoms with Crippen LogP contribution in [-0.2, 0) is 0 Å². The van der Waals surface area contributed by atoms with E-state index >= 15 is 0 Å². The lowest BCUT2D eigenvalue weighted by Gasteiger charge is -2.38. The van der Waals surface area contributed by atoms with E-state index in [1.807, 2.05) is 0 Å². The van der Waals surface area contributed by atoms with Gasteiger partial charge in [-0.15, -0.1) is 0 Å². The summed E-state index contributed by atoms with van der Waals surface area (Å²) in [5.41, 5.74) is -2.57. The fourth-order valence-electron chi connectivity index (χ4n) is 1.92. The van der Waals surface area contributed by atoms with Gasteiger partial charge in [0.2, 0.25) is 0 Å². The first-order valence-corrected chi connectivity index (χ1v) is 7.38. The van der Waals surface area contributed by atoms with Gasteiger partial charge >= 0.3 is 41.7 Å². The molecule has 32 heavy (non-hydrogen) atoms. The Labute approximate surface area is 166 Å². The molecule has 0 aliphatic carbocycles. The molecule has 19 heteroatoms. The number of hydrogen-bond donors (Lipinski definition) is 0. The molecule has 0 aliphatic rings. The van der Waals surface area contributed by atoms with Crippen molar-refractivity contribution in [1.82, 2.24) is 0 Å². The molecular weight excluding hydrogens is 492 g/mol. The topological polar surface area (TPSA) is 95.5 Å². The zero-order valence-electron chi connectivity index (χ0n) is 14.5. The third-order valence-electron chi connectivity index (χ3n) is 3.70. The normalized spacial score (nSPS) is 13.9. The zero-order valence-corrected chi connectivity index (χ0v) is 14.5. The molecule has 0 atom stereocenters. The van der Waals surface area contributed by atoms with Crippen molar-refractivity contribution in [2.24, 2.45) is 0 Å². The second-order valence-electron chi connectivity index (χ2n) is 5.81. The molecule has 0 N–H and O–H groups in total. The zero-order chi connectivity index (χ0) is 25.5.